The number of nitrogens with one attached hydrogen (secondary N) is 2. The Bertz CT molecular complexity index is 293. The second-order valence-electron chi connectivity index (χ2n) is 3.52. The number of carbonyl (C=O) groups is 2. The van der Waals surface area contributed by atoms with Crippen LogP contribution >= 0.6 is 0 Å². The van der Waals surface area contributed by atoms with Gasteiger partial charge in [0, 0.05) is 6.54 Å². The fourth-order valence-electron chi connectivity index (χ4n) is 1.56. The first-order valence-electron chi connectivity index (χ1n) is 4.63. The number of amides is 1. The molecule has 1 amide bonds. The number of hydrogen-bond donors (Lipinski definition) is 3. The van der Waals surface area contributed by atoms with Gasteiger partial charge in [-0.15, -0.1) is 0 Å². The highest BCUT2D eigenvalue weighted by Gasteiger charge is 2.42. The molecule has 8 heteroatoms. The summed E-state index contributed by atoms with van der Waals surface area (Å²) in [5.41, 5.74) is 0. The van der Waals surface area contributed by atoms with E-state index in [1.807, 2.05) is 0 Å². The second kappa shape index (κ2) is 4.69. The normalized spacial score (nSPS) is 26.2. The second-order valence-corrected chi connectivity index (χ2v) is 3.52. The third kappa shape index (κ3) is 3.09. The SMILES string of the molecule is O=C(O)[C@@H]1CCNC[C@@H]1NC(=O)C(F)(F)F. The average Bonchev–Trinajstić information content (AvgIpc) is 2.16. The molecule has 0 aliphatic carbocycles. The summed E-state index contributed by atoms with van der Waals surface area (Å²) in [7, 11) is 0. The Morgan fingerprint density at radius 1 is 1.38 bits per heavy atom. The maximum atomic E-state index is 12.0. The van der Waals surface area contributed by atoms with E-state index in [1.54, 1.807) is 5.32 Å². The van der Waals surface area contributed by atoms with Gasteiger partial charge in [0.1, 0.15) is 0 Å². The molecule has 1 saturated heterocycles. The molecular weight excluding hydrogens is 229 g/mol. The lowest BCUT2D eigenvalue weighted by atomic mass is 9.93. The first-order valence-corrected chi connectivity index (χ1v) is 4.63. The number of hydrogen-bond acceptors (Lipinski definition) is 3. The number of alkyl halides is 3. The summed E-state index contributed by atoms with van der Waals surface area (Å²) in [6.45, 7) is 0.439. The van der Waals surface area contributed by atoms with Gasteiger partial charge in [0.15, 0.2) is 0 Å². The molecule has 1 heterocycles. The van der Waals surface area contributed by atoms with Crippen LogP contribution in [0.1, 0.15) is 6.42 Å². The third-order valence-electron chi connectivity index (χ3n) is 2.37. The molecule has 5 nitrogen and oxygen atoms in total. The van der Waals surface area contributed by atoms with Gasteiger partial charge >= 0.3 is 18.1 Å². The molecule has 1 rings (SSSR count). The summed E-state index contributed by atoms with van der Waals surface area (Å²) in [5.74, 6) is -4.28. The first-order chi connectivity index (χ1) is 7.32. The molecule has 1 fully saturated rings. The maximum absolute atomic E-state index is 12.0. The Morgan fingerprint density at radius 2 is 2.00 bits per heavy atom. The van der Waals surface area contributed by atoms with Crippen molar-refractivity contribution in [3.63, 3.8) is 0 Å². The van der Waals surface area contributed by atoms with E-state index >= 15 is 0 Å². The van der Waals surface area contributed by atoms with Crippen molar-refractivity contribution >= 4 is 11.9 Å². The van der Waals surface area contributed by atoms with Crippen molar-refractivity contribution in [2.45, 2.75) is 18.6 Å². The van der Waals surface area contributed by atoms with Crippen molar-refractivity contribution in [2.75, 3.05) is 13.1 Å². The van der Waals surface area contributed by atoms with Crippen LogP contribution in [-0.4, -0.2) is 42.3 Å². The molecule has 3 N–H and O–H groups in total. The number of carbonyl (C=O) groups excluding carboxylic acids is 1. The summed E-state index contributed by atoms with van der Waals surface area (Å²) < 4.78 is 35.9. The van der Waals surface area contributed by atoms with Gasteiger partial charge < -0.3 is 15.7 Å². The van der Waals surface area contributed by atoms with E-state index in [0.29, 0.717) is 6.54 Å². The zero-order valence-electron chi connectivity index (χ0n) is 8.17. The van der Waals surface area contributed by atoms with Crippen molar-refractivity contribution in [3.8, 4) is 0 Å². The van der Waals surface area contributed by atoms with E-state index in [-0.39, 0.29) is 13.0 Å². The number of carboxylic acids is 1. The lowest BCUT2D eigenvalue weighted by Crippen LogP contribution is -2.55. The van der Waals surface area contributed by atoms with Crippen LogP contribution in [0, 0.1) is 5.92 Å². The van der Waals surface area contributed by atoms with Crippen LogP contribution in [0.15, 0.2) is 0 Å². The molecule has 1 aliphatic heterocycles. The summed E-state index contributed by atoms with van der Waals surface area (Å²) in [4.78, 5) is 21.4. The van der Waals surface area contributed by atoms with Gasteiger partial charge in [-0.25, -0.2) is 0 Å². The van der Waals surface area contributed by atoms with E-state index in [0.717, 1.165) is 0 Å². The zero-order chi connectivity index (χ0) is 12.3. The first kappa shape index (κ1) is 12.8. The highest BCUT2D eigenvalue weighted by Crippen LogP contribution is 2.18. The van der Waals surface area contributed by atoms with Crippen molar-refractivity contribution in [1.29, 1.82) is 0 Å². The van der Waals surface area contributed by atoms with Gasteiger partial charge in [-0.2, -0.15) is 13.2 Å². The molecule has 16 heavy (non-hydrogen) atoms. The Morgan fingerprint density at radius 3 is 2.50 bits per heavy atom. The number of rotatable bonds is 2. The standard InChI is InChI=1S/C8H11F3N2O3/c9-8(10,11)7(16)13-5-3-12-2-1-4(5)6(14)15/h4-5,12H,1-3H2,(H,13,16)(H,14,15)/t4-,5+/m1/s1. The predicted molar refractivity (Wildman–Crippen MR) is 46.6 cm³/mol. The van der Waals surface area contributed by atoms with E-state index in [9.17, 15) is 22.8 Å². The Kier molecular flexibility index (Phi) is 3.74. The molecule has 0 saturated carbocycles. The highest BCUT2D eigenvalue weighted by molar-refractivity contribution is 5.83. The maximum Gasteiger partial charge on any atom is 0.471 e. The van der Waals surface area contributed by atoms with Crippen LogP contribution < -0.4 is 10.6 Å². The Hall–Kier alpha value is -1.31. The van der Waals surface area contributed by atoms with Crippen molar-refractivity contribution in [2.24, 2.45) is 5.92 Å². The smallest absolute Gasteiger partial charge is 0.471 e. The van der Waals surface area contributed by atoms with Crippen molar-refractivity contribution in [3.05, 3.63) is 0 Å². The summed E-state index contributed by atoms with van der Waals surface area (Å²) in [5, 5.41) is 13.2. The summed E-state index contributed by atoms with van der Waals surface area (Å²) in [6, 6.07) is -1.03. The molecule has 92 valence electrons. The molecule has 0 spiro atoms. The van der Waals surface area contributed by atoms with Gasteiger partial charge in [-0.3, -0.25) is 9.59 Å². The zero-order valence-corrected chi connectivity index (χ0v) is 8.17. The Labute approximate surface area is 89.0 Å². The van der Waals surface area contributed by atoms with Crippen molar-refractivity contribution in [1.82, 2.24) is 10.6 Å². The monoisotopic (exact) mass is 240 g/mol. The van der Waals surface area contributed by atoms with Gasteiger partial charge in [0.05, 0.1) is 12.0 Å². The molecular formula is C8H11F3N2O3. The third-order valence-corrected chi connectivity index (χ3v) is 2.37. The molecule has 0 aromatic carbocycles. The van der Waals surface area contributed by atoms with Gasteiger partial charge in [0.25, 0.3) is 0 Å². The van der Waals surface area contributed by atoms with Crippen LogP contribution in [0.3, 0.4) is 0 Å². The number of piperidine rings is 1. The molecule has 0 radical (unpaired) electrons. The number of carboxylic acid groups (broad SMARTS) is 1. The van der Waals surface area contributed by atoms with Crippen LogP contribution in [0.25, 0.3) is 0 Å². The van der Waals surface area contributed by atoms with Gasteiger partial charge in [-0.1, -0.05) is 0 Å². The van der Waals surface area contributed by atoms with Crippen molar-refractivity contribution < 1.29 is 27.9 Å². The van der Waals surface area contributed by atoms with Crippen LogP contribution in [-0.2, 0) is 9.59 Å². The summed E-state index contributed by atoms with van der Waals surface area (Å²) >= 11 is 0. The van der Waals surface area contributed by atoms with Crippen LogP contribution in [0.5, 0.6) is 0 Å². The van der Waals surface area contributed by atoms with E-state index in [2.05, 4.69) is 5.32 Å². The quantitative estimate of drug-likeness (QED) is 0.620. The fourth-order valence-corrected chi connectivity index (χ4v) is 1.56. The lowest BCUT2D eigenvalue weighted by molar-refractivity contribution is -0.175. The van der Waals surface area contributed by atoms with E-state index in [4.69, 9.17) is 5.11 Å². The molecule has 0 aromatic heterocycles. The van der Waals surface area contributed by atoms with Crippen LogP contribution in [0.2, 0.25) is 0 Å². The highest BCUT2D eigenvalue weighted by atomic mass is 19.4. The summed E-state index contributed by atoms with van der Waals surface area (Å²) in [6.07, 6.45) is -4.79. The van der Waals surface area contributed by atoms with E-state index in [1.165, 1.54) is 0 Å². The topological polar surface area (TPSA) is 78.4 Å². The number of halogens is 3. The average molecular weight is 240 g/mol. The number of aliphatic carboxylic acids is 1. The molecule has 1 aliphatic rings. The minimum Gasteiger partial charge on any atom is -0.481 e. The van der Waals surface area contributed by atoms with Gasteiger partial charge in [-0.05, 0) is 13.0 Å². The molecule has 0 aromatic rings. The Balaban J connectivity index is 2.63. The molecule has 0 bridgehead atoms. The molecule has 0 unspecified atom stereocenters. The molecule has 2 atom stereocenters. The van der Waals surface area contributed by atoms with Crippen LogP contribution in [0.4, 0.5) is 13.2 Å². The fraction of sp³-hybridized carbons (Fsp3) is 0.750. The minimum absolute atomic E-state index is 0.0266. The predicted octanol–water partition coefficient (Wildman–Crippen LogP) is -0.272. The van der Waals surface area contributed by atoms with E-state index < -0.39 is 30.0 Å². The largest absolute Gasteiger partial charge is 0.481 e. The minimum atomic E-state index is -4.99. The lowest BCUT2D eigenvalue weighted by Gasteiger charge is -2.30. The van der Waals surface area contributed by atoms with Gasteiger partial charge in [0.2, 0.25) is 0 Å².